The summed E-state index contributed by atoms with van der Waals surface area (Å²) in [6.07, 6.45) is 0. The van der Waals surface area contributed by atoms with E-state index in [0.717, 1.165) is 16.4 Å². The molecule has 0 aromatic heterocycles. The van der Waals surface area contributed by atoms with Gasteiger partial charge in [0.15, 0.2) is 0 Å². The third kappa shape index (κ3) is 3.31. The van der Waals surface area contributed by atoms with Crippen LogP contribution in [0, 0.1) is 0 Å². The Bertz CT molecular complexity index is 656. The zero-order chi connectivity index (χ0) is 15.3. The van der Waals surface area contributed by atoms with Gasteiger partial charge in [-0.15, -0.1) is 0 Å². The number of hydrogen-bond donors (Lipinski definition) is 1. The molecule has 3 rings (SSSR count). The normalized spacial score (nSPS) is 11.3. The van der Waals surface area contributed by atoms with Gasteiger partial charge in [-0.2, -0.15) is 0 Å². The molecule has 0 bridgehead atoms. The Balaban J connectivity index is 1.93. The Labute approximate surface area is 137 Å². The first-order chi connectivity index (χ1) is 10.8. The van der Waals surface area contributed by atoms with E-state index in [2.05, 4.69) is 24.3 Å². The first kappa shape index (κ1) is 15.1. The van der Waals surface area contributed by atoms with Crippen LogP contribution in [0.2, 0.25) is 5.32 Å². The Morgan fingerprint density at radius 2 is 1.05 bits per heavy atom. The van der Waals surface area contributed by atoms with Gasteiger partial charge in [0.25, 0.3) is 0 Å². The van der Waals surface area contributed by atoms with Crippen molar-refractivity contribution < 1.29 is 5.11 Å². The molecule has 0 aliphatic heterocycles. The van der Waals surface area contributed by atoms with Crippen LogP contribution >= 0.6 is 0 Å². The summed E-state index contributed by atoms with van der Waals surface area (Å²) >= 11 is 0.210. The maximum atomic E-state index is 11.4. The van der Waals surface area contributed by atoms with E-state index in [1.54, 1.807) is 0 Å². The standard InChI is InChI=1S/C20H18OSe/c21-20(17-10-4-1-5-11-17,18-12-6-2-7-13-18)16-22-19-14-8-3-9-15-19/h1-15,21H,16H2. The van der Waals surface area contributed by atoms with Gasteiger partial charge >= 0.3 is 138 Å². The Kier molecular flexibility index (Phi) is 4.74. The van der Waals surface area contributed by atoms with Crippen molar-refractivity contribution in [2.75, 3.05) is 0 Å². The summed E-state index contributed by atoms with van der Waals surface area (Å²) in [5, 5.41) is 12.2. The predicted molar refractivity (Wildman–Crippen MR) is 92.5 cm³/mol. The molecule has 3 aromatic rings. The molecule has 2 heteroatoms. The Morgan fingerprint density at radius 1 is 0.636 bits per heavy atom. The van der Waals surface area contributed by atoms with E-state index in [0.29, 0.717) is 0 Å². The van der Waals surface area contributed by atoms with Crippen molar-refractivity contribution >= 4 is 19.4 Å². The first-order valence-corrected chi connectivity index (χ1v) is 9.37. The zero-order valence-electron chi connectivity index (χ0n) is 12.2. The van der Waals surface area contributed by atoms with Gasteiger partial charge in [0.2, 0.25) is 0 Å². The number of rotatable bonds is 5. The molecule has 0 atom stereocenters. The molecule has 0 unspecified atom stereocenters. The predicted octanol–water partition coefficient (Wildman–Crippen LogP) is 3.37. The number of benzene rings is 3. The number of hydrogen-bond acceptors (Lipinski definition) is 1. The summed E-state index contributed by atoms with van der Waals surface area (Å²) in [4.78, 5) is 0. The maximum absolute atomic E-state index is 11.4. The van der Waals surface area contributed by atoms with E-state index in [-0.39, 0.29) is 15.0 Å². The fourth-order valence-corrected chi connectivity index (χ4v) is 4.69. The molecule has 110 valence electrons. The summed E-state index contributed by atoms with van der Waals surface area (Å²) in [6, 6.07) is 30.4. The third-order valence-corrected chi connectivity index (χ3v) is 6.14. The van der Waals surface area contributed by atoms with Gasteiger partial charge in [0.05, 0.1) is 0 Å². The van der Waals surface area contributed by atoms with Crippen LogP contribution in [0.25, 0.3) is 0 Å². The summed E-state index contributed by atoms with van der Waals surface area (Å²) in [5.74, 6) is 0. The molecule has 0 amide bonds. The van der Waals surface area contributed by atoms with Crippen LogP contribution in [0.3, 0.4) is 0 Å². The minimum atomic E-state index is -0.932. The summed E-state index contributed by atoms with van der Waals surface area (Å²) in [5.41, 5.74) is 0.983. The van der Waals surface area contributed by atoms with Crippen LogP contribution in [0.15, 0.2) is 91.0 Å². The summed E-state index contributed by atoms with van der Waals surface area (Å²) in [6.45, 7) is 0. The van der Waals surface area contributed by atoms with E-state index in [9.17, 15) is 5.11 Å². The molecule has 0 aliphatic carbocycles. The monoisotopic (exact) mass is 354 g/mol. The van der Waals surface area contributed by atoms with Crippen LogP contribution in [0.4, 0.5) is 0 Å². The summed E-state index contributed by atoms with van der Waals surface area (Å²) < 4.78 is 1.31. The molecule has 0 heterocycles. The van der Waals surface area contributed by atoms with Crippen LogP contribution < -0.4 is 4.46 Å². The van der Waals surface area contributed by atoms with E-state index in [1.165, 1.54) is 4.46 Å². The molecule has 0 fully saturated rings. The topological polar surface area (TPSA) is 20.2 Å². The van der Waals surface area contributed by atoms with Gasteiger partial charge in [0, 0.05) is 0 Å². The van der Waals surface area contributed by atoms with Crippen molar-refractivity contribution in [3.8, 4) is 0 Å². The second kappa shape index (κ2) is 6.93. The zero-order valence-corrected chi connectivity index (χ0v) is 13.9. The molecule has 0 saturated heterocycles. The fourth-order valence-electron chi connectivity index (χ4n) is 2.47. The van der Waals surface area contributed by atoms with Gasteiger partial charge < -0.3 is 0 Å². The summed E-state index contributed by atoms with van der Waals surface area (Å²) in [7, 11) is 0. The fraction of sp³-hybridized carbons (Fsp3) is 0.100. The molecule has 0 aliphatic rings. The van der Waals surface area contributed by atoms with Gasteiger partial charge in [-0.25, -0.2) is 0 Å². The molecular weight excluding hydrogens is 335 g/mol. The van der Waals surface area contributed by atoms with E-state index in [1.807, 2.05) is 66.7 Å². The first-order valence-electron chi connectivity index (χ1n) is 7.30. The molecule has 0 radical (unpaired) electrons. The van der Waals surface area contributed by atoms with E-state index in [4.69, 9.17) is 0 Å². The van der Waals surface area contributed by atoms with Crippen molar-refractivity contribution in [1.82, 2.24) is 0 Å². The number of aliphatic hydroxyl groups is 1. The molecule has 3 aromatic carbocycles. The van der Waals surface area contributed by atoms with Crippen LogP contribution in [-0.2, 0) is 5.60 Å². The second-order valence-electron chi connectivity index (χ2n) is 5.19. The molecule has 1 N–H and O–H groups in total. The van der Waals surface area contributed by atoms with E-state index < -0.39 is 5.60 Å². The average Bonchev–Trinajstić information content (AvgIpc) is 2.62. The van der Waals surface area contributed by atoms with Crippen molar-refractivity contribution in [2.45, 2.75) is 10.9 Å². The van der Waals surface area contributed by atoms with Crippen LogP contribution in [0.5, 0.6) is 0 Å². The van der Waals surface area contributed by atoms with Crippen molar-refractivity contribution in [3.63, 3.8) is 0 Å². The Morgan fingerprint density at radius 3 is 1.50 bits per heavy atom. The molecular formula is C20H18OSe. The van der Waals surface area contributed by atoms with Gasteiger partial charge in [-0.1, -0.05) is 0 Å². The van der Waals surface area contributed by atoms with Gasteiger partial charge in [-0.3, -0.25) is 0 Å². The molecule has 22 heavy (non-hydrogen) atoms. The van der Waals surface area contributed by atoms with Crippen LogP contribution in [0.1, 0.15) is 11.1 Å². The van der Waals surface area contributed by atoms with Crippen molar-refractivity contribution in [3.05, 3.63) is 102 Å². The van der Waals surface area contributed by atoms with Gasteiger partial charge in [0.1, 0.15) is 0 Å². The average molecular weight is 353 g/mol. The van der Waals surface area contributed by atoms with Crippen molar-refractivity contribution in [1.29, 1.82) is 0 Å². The van der Waals surface area contributed by atoms with Crippen LogP contribution in [-0.4, -0.2) is 20.1 Å². The molecule has 1 nitrogen and oxygen atoms in total. The second-order valence-corrected chi connectivity index (χ2v) is 7.39. The third-order valence-electron chi connectivity index (χ3n) is 3.69. The SMILES string of the molecule is OC(C[Se]c1ccccc1)(c1ccccc1)c1ccccc1. The molecule has 0 saturated carbocycles. The Hall–Kier alpha value is -1.86. The van der Waals surface area contributed by atoms with E-state index >= 15 is 0 Å². The molecule has 0 spiro atoms. The minimum absolute atomic E-state index is 0.210. The van der Waals surface area contributed by atoms with Crippen molar-refractivity contribution in [2.24, 2.45) is 0 Å². The van der Waals surface area contributed by atoms with Gasteiger partial charge in [-0.05, 0) is 0 Å². The quantitative estimate of drug-likeness (QED) is 0.698.